The summed E-state index contributed by atoms with van der Waals surface area (Å²) >= 11 is 0. The van der Waals surface area contributed by atoms with Gasteiger partial charge in [-0.3, -0.25) is 4.98 Å². The van der Waals surface area contributed by atoms with Crippen molar-refractivity contribution < 1.29 is 0 Å². The van der Waals surface area contributed by atoms with Crippen molar-refractivity contribution in [1.82, 2.24) is 10.3 Å². The Morgan fingerprint density at radius 1 is 1.17 bits per heavy atom. The van der Waals surface area contributed by atoms with Crippen LogP contribution in [0.3, 0.4) is 0 Å². The number of rotatable bonds is 9. The zero-order valence-electron chi connectivity index (χ0n) is 12.2. The standard InChI is InChI=1S/C16H28N2/c1-4-6-7-8-9-10-16(17-5-2)15-11-12-18-14(3)13-15/h11-13,16-17H,4-10H2,1-3H3. The SMILES string of the molecule is CCCCCCCC(NCC)c1ccnc(C)c1. The topological polar surface area (TPSA) is 24.9 Å². The minimum Gasteiger partial charge on any atom is -0.310 e. The van der Waals surface area contributed by atoms with Crippen molar-refractivity contribution in [1.29, 1.82) is 0 Å². The first kappa shape index (κ1) is 15.2. The molecule has 0 bridgehead atoms. The maximum absolute atomic E-state index is 4.28. The molecule has 1 unspecified atom stereocenters. The van der Waals surface area contributed by atoms with Crippen LogP contribution in [-0.2, 0) is 0 Å². The van der Waals surface area contributed by atoms with E-state index in [1.165, 1.54) is 44.1 Å². The second-order valence-corrected chi connectivity index (χ2v) is 5.04. The van der Waals surface area contributed by atoms with Crippen molar-refractivity contribution >= 4 is 0 Å². The van der Waals surface area contributed by atoms with E-state index in [0.29, 0.717) is 6.04 Å². The van der Waals surface area contributed by atoms with Crippen LogP contribution in [0.5, 0.6) is 0 Å². The maximum atomic E-state index is 4.28. The molecule has 0 aliphatic rings. The Bertz CT molecular complexity index is 323. The largest absolute Gasteiger partial charge is 0.310 e. The highest BCUT2D eigenvalue weighted by molar-refractivity contribution is 5.19. The number of nitrogens with one attached hydrogen (secondary N) is 1. The fourth-order valence-electron chi connectivity index (χ4n) is 2.37. The lowest BCUT2D eigenvalue weighted by Crippen LogP contribution is -2.21. The summed E-state index contributed by atoms with van der Waals surface area (Å²) in [4.78, 5) is 4.28. The molecule has 1 atom stereocenters. The molecule has 0 aliphatic carbocycles. The van der Waals surface area contributed by atoms with Gasteiger partial charge in [0.1, 0.15) is 0 Å². The molecule has 1 heterocycles. The molecule has 1 aromatic rings. The Hall–Kier alpha value is -0.890. The van der Waals surface area contributed by atoms with Crippen LogP contribution in [0.15, 0.2) is 18.3 Å². The fourth-order valence-corrected chi connectivity index (χ4v) is 2.37. The molecule has 0 aromatic carbocycles. The third kappa shape index (κ3) is 5.63. The highest BCUT2D eigenvalue weighted by Crippen LogP contribution is 2.20. The number of pyridine rings is 1. The maximum Gasteiger partial charge on any atom is 0.0375 e. The van der Waals surface area contributed by atoms with Crippen LogP contribution < -0.4 is 5.32 Å². The molecule has 1 aromatic heterocycles. The molecule has 0 amide bonds. The lowest BCUT2D eigenvalue weighted by Gasteiger charge is -2.18. The smallest absolute Gasteiger partial charge is 0.0375 e. The summed E-state index contributed by atoms with van der Waals surface area (Å²) in [7, 11) is 0. The Balaban J connectivity index is 2.44. The van der Waals surface area contributed by atoms with E-state index < -0.39 is 0 Å². The van der Waals surface area contributed by atoms with Crippen LogP contribution in [0.2, 0.25) is 0 Å². The van der Waals surface area contributed by atoms with Gasteiger partial charge in [0.05, 0.1) is 0 Å². The predicted octanol–water partition coefficient (Wildman–Crippen LogP) is 4.40. The Kier molecular flexibility index (Phi) is 7.66. The van der Waals surface area contributed by atoms with Crippen LogP contribution in [0, 0.1) is 6.92 Å². The molecule has 0 spiro atoms. The fraction of sp³-hybridized carbons (Fsp3) is 0.688. The first-order valence-corrected chi connectivity index (χ1v) is 7.43. The van der Waals surface area contributed by atoms with Crippen molar-refractivity contribution in [3.05, 3.63) is 29.6 Å². The van der Waals surface area contributed by atoms with Gasteiger partial charge in [0.2, 0.25) is 0 Å². The van der Waals surface area contributed by atoms with E-state index in [1.54, 1.807) is 0 Å². The molecule has 2 nitrogen and oxygen atoms in total. The first-order chi connectivity index (χ1) is 8.77. The highest BCUT2D eigenvalue weighted by atomic mass is 14.9. The molecule has 0 radical (unpaired) electrons. The molecule has 0 aliphatic heterocycles. The van der Waals surface area contributed by atoms with Gasteiger partial charge in [-0.2, -0.15) is 0 Å². The number of unbranched alkanes of at least 4 members (excludes halogenated alkanes) is 4. The third-order valence-corrected chi connectivity index (χ3v) is 3.37. The summed E-state index contributed by atoms with van der Waals surface area (Å²) in [6.45, 7) is 7.54. The van der Waals surface area contributed by atoms with Gasteiger partial charge >= 0.3 is 0 Å². The summed E-state index contributed by atoms with van der Waals surface area (Å²) in [5, 5.41) is 3.59. The van der Waals surface area contributed by atoms with Crippen LogP contribution in [-0.4, -0.2) is 11.5 Å². The summed E-state index contributed by atoms with van der Waals surface area (Å²) in [6, 6.07) is 4.85. The minimum absolute atomic E-state index is 0.498. The highest BCUT2D eigenvalue weighted by Gasteiger charge is 2.09. The van der Waals surface area contributed by atoms with Crippen LogP contribution >= 0.6 is 0 Å². The lowest BCUT2D eigenvalue weighted by atomic mass is 10.00. The predicted molar refractivity (Wildman–Crippen MR) is 78.8 cm³/mol. The van der Waals surface area contributed by atoms with Gasteiger partial charge in [0, 0.05) is 17.9 Å². The number of nitrogens with zero attached hydrogens (tertiary/aromatic N) is 1. The molecule has 0 fully saturated rings. The van der Waals surface area contributed by atoms with Crippen LogP contribution in [0.25, 0.3) is 0 Å². The van der Waals surface area contributed by atoms with Gasteiger partial charge in [0.15, 0.2) is 0 Å². The molecule has 102 valence electrons. The lowest BCUT2D eigenvalue weighted by molar-refractivity contribution is 0.478. The number of aromatic nitrogens is 1. The van der Waals surface area contributed by atoms with Crippen LogP contribution in [0.4, 0.5) is 0 Å². The zero-order chi connectivity index (χ0) is 13.2. The second kappa shape index (κ2) is 9.09. The van der Waals surface area contributed by atoms with E-state index in [1.807, 2.05) is 6.20 Å². The van der Waals surface area contributed by atoms with E-state index in [0.717, 1.165) is 12.2 Å². The van der Waals surface area contributed by atoms with Crippen molar-refractivity contribution in [2.24, 2.45) is 0 Å². The molecule has 18 heavy (non-hydrogen) atoms. The normalized spacial score (nSPS) is 12.6. The summed E-state index contributed by atoms with van der Waals surface area (Å²) in [5.74, 6) is 0. The zero-order valence-corrected chi connectivity index (χ0v) is 12.2. The monoisotopic (exact) mass is 248 g/mol. The van der Waals surface area contributed by atoms with Gasteiger partial charge in [-0.25, -0.2) is 0 Å². The number of aryl methyl sites for hydroxylation is 1. The van der Waals surface area contributed by atoms with Crippen molar-refractivity contribution in [2.45, 2.75) is 65.3 Å². The summed E-state index contributed by atoms with van der Waals surface area (Å²) in [6.07, 6.45) is 9.91. The van der Waals surface area contributed by atoms with E-state index >= 15 is 0 Å². The van der Waals surface area contributed by atoms with Crippen molar-refractivity contribution in [2.75, 3.05) is 6.54 Å². The van der Waals surface area contributed by atoms with Gasteiger partial charge in [0.25, 0.3) is 0 Å². The second-order valence-electron chi connectivity index (χ2n) is 5.04. The van der Waals surface area contributed by atoms with Gasteiger partial charge in [-0.05, 0) is 37.6 Å². The van der Waals surface area contributed by atoms with Crippen LogP contribution in [0.1, 0.15) is 69.7 Å². The molecular weight excluding hydrogens is 220 g/mol. The van der Waals surface area contributed by atoms with E-state index in [-0.39, 0.29) is 0 Å². The first-order valence-electron chi connectivity index (χ1n) is 7.43. The molecule has 2 heteroatoms. The minimum atomic E-state index is 0.498. The van der Waals surface area contributed by atoms with Gasteiger partial charge < -0.3 is 5.32 Å². The van der Waals surface area contributed by atoms with Crippen molar-refractivity contribution in [3.63, 3.8) is 0 Å². The van der Waals surface area contributed by atoms with E-state index in [2.05, 4.69) is 43.2 Å². The Morgan fingerprint density at radius 2 is 1.94 bits per heavy atom. The van der Waals surface area contributed by atoms with E-state index in [9.17, 15) is 0 Å². The molecule has 0 saturated heterocycles. The Labute approximate surface area is 112 Å². The van der Waals surface area contributed by atoms with Gasteiger partial charge in [-0.1, -0.05) is 46.0 Å². The number of hydrogen-bond donors (Lipinski definition) is 1. The quantitative estimate of drug-likeness (QED) is 0.655. The average Bonchev–Trinajstić information content (AvgIpc) is 2.37. The molecular formula is C16H28N2. The molecule has 0 saturated carbocycles. The average molecular weight is 248 g/mol. The summed E-state index contributed by atoms with van der Waals surface area (Å²) < 4.78 is 0. The summed E-state index contributed by atoms with van der Waals surface area (Å²) in [5.41, 5.74) is 2.50. The molecule has 1 N–H and O–H groups in total. The van der Waals surface area contributed by atoms with E-state index in [4.69, 9.17) is 0 Å². The van der Waals surface area contributed by atoms with Crippen molar-refractivity contribution in [3.8, 4) is 0 Å². The third-order valence-electron chi connectivity index (χ3n) is 3.37. The Morgan fingerprint density at radius 3 is 2.61 bits per heavy atom. The van der Waals surface area contributed by atoms with Gasteiger partial charge in [-0.15, -0.1) is 0 Å². The molecule has 1 rings (SSSR count). The number of hydrogen-bond acceptors (Lipinski definition) is 2.